The molecule has 122 valence electrons. The highest BCUT2D eigenvalue weighted by Crippen LogP contribution is 2.24. The number of anilines is 2. The molecule has 2 aromatic rings. The Hall–Kier alpha value is -2.86. The number of ketones is 1. The van der Waals surface area contributed by atoms with Crippen LogP contribution in [0, 0.1) is 0 Å². The summed E-state index contributed by atoms with van der Waals surface area (Å²) >= 11 is 5.77. The van der Waals surface area contributed by atoms with Crippen LogP contribution in [0.25, 0.3) is 0 Å². The average molecular weight is 345 g/mol. The number of rotatable bonds is 4. The van der Waals surface area contributed by atoms with Crippen LogP contribution >= 0.6 is 11.6 Å². The van der Waals surface area contributed by atoms with Crippen molar-refractivity contribution in [1.29, 1.82) is 0 Å². The number of nitrogen functional groups attached to an aromatic ring is 1. The maximum Gasteiger partial charge on any atom is 0.340 e. The molecule has 0 bridgehead atoms. The lowest BCUT2D eigenvalue weighted by molar-refractivity contribution is -0.115. The standard InChI is InChI=1S/C17H13ClN2O4/c18-11-2-3-12(13(19)7-11)17(23)24-8-15(21)9-1-4-14-10(5-9)6-16(22)20-14/h1-5,7H,6,8,19H2,(H,20,22). The van der Waals surface area contributed by atoms with Gasteiger partial charge in [-0.25, -0.2) is 4.79 Å². The van der Waals surface area contributed by atoms with Crippen molar-refractivity contribution in [1.82, 2.24) is 0 Å². The number of carbonyl (C=O) groups excluding carboxylic acids is 3. The van der Waals surface area contributed by atoms with E-state index in [1.165, 1.54) is 18.2 Å². The highest BCUT2D eigenvalue weighted by atomic mass is 35.5. The molecule has 1 aliphatic heterocycles. The van der Waals surface area contributed by atoms with Crippen molar-refractivity contribution < 1.29 is 19.1 Å². The Morgan fingerprint density at radius 3 is 2.75 bits per heavy atom. The molecular formula is C17H13ClN2O4. The number of halogens is 1. The quantitative estimate of drug-likeness (QED) is 0.504. The van der Waals surface area contributed by atoms with E-state index < -0.39 is 12.6 Å². The molecule has 24 heavy (non-hydrogen) atoms. The number of Topliss-reactive ketones (excluding diaryl/α,β-unsaturated/α-hetero) is 1. The molecule has 0 saturated carbocycles. The predicted molar refractivity (Wildman–Crippen MR) is 89.3 cm³/mol. The van der Waals surface area contributed by atoms with Gasteiger partial charge in [-0.2, -0.15) is 0 Å². The third-order valence-electron chi connectivity index (χ3n) is 3.62. The number of esters is 1. The summed E-state index contributed by atoms with van der Waals surface area (Å²) in [4.78, 5) is 35.5. The molecule has 1 amide bonds. The van der Waals surface area contributed by atoms with Gasteiger partial charge in [0.25, 0.3) is 0 Å². The SMILES string of the molecule is Nc1cc(Cl)ccc1C(=O)OCC(=O)c1ccc2c(c1)CC(=O)N2. The maximum atomic E-state index is 12.2. The molecule has 0 aromatic heterocycles. The minimum absolute atomic E-state index is 0.112. The van der Waals surface area contributed by atoms with E-state index in [0.29, 0.717) is 16.3 Å². The summed E-state index contributed by atoms with van der Waals surface area (Å²) < 4.78 is 5.01. The van der Waals surface area contributed by atoms with Crippen LogP contribution in [0.1, 0.15) is 26.3 Å². The van der Waals surface area contributed by atoms with Crippen molar-refractivity contribution in [3.63, 3.8) is 0 Å². The van der Waals surface area contributed by atoms with Crippen LogP contribution in [0.5, 0.6) is 0 Å². The van der Waals surface area contributed by atoms with Crippen LogP contribution in [0.4, 0.5) is 11.4 Å². The summed E-state index contributed by atoms with van der Waals surface area (Å²) in [5, 5.41) is 3.09. The Labute approximate surface area is 142 Å². The Bertz CT molecular complexity index is 864. The monoisotopic (exact) mass is 344 g/mol. The molecule has 2 aromatic carbocycles. The predicted octanol–water partition coefficient (Wildman–Crippen LogP) is 2.46. The molecule has 0 unspecified atom stereocenters. The molecule has 1 aliphatic rings. The van der Waals surface area contributed by atoms with E-state index in [-0.39, 0.29) is 29.4 Å². The van der Waals surface area contributed by atoms with Crippen molar-refractivity contribution in [2.24, 2.45) is 0 Å². The molecule has 0 radical (unpaired) electrons. The zero-order valence-corrected chi connectivity index (χ0v) is 13.2. The minimum atomic E-state index is -0.699. The number of nitrogens with two attached hydrogens (primary N) is 1. The first-order chi connectivity index (χ1) is 11.4. The molecule has 0 atom stereocenters. The molecule has 0 saturated heterocycles. The van der Waals surface area contributed by atoms with Gasteiger partial charge < -0.3 is 15.8 Å². The molecular weight excluding hydrogens is 332 g/mol. The first-order valence-corrected chi connectivity index (χ1v) is 7.50. The summed E-state index contributed by atoms with van der Waals surface area (Å²) in [5.74, 6) is -1.17. The summed E-state index contributed by atoms with van der Waals surface area (Å²) in [5.41, 5.74) is 7.86. The smallest absolute Gasteiger partial charge is 0.340 e. The normalized spacial score (nSPS) is 12.5. The zero-order valence-electron chi connectivity index (χ0n) is 12.5. The van der Waals surface area contributed by atoms with Crippen LogP contribution in [-0.2, 0) is 16.0 Å². The third-order valence-corrected chi connectivity index (χ3v) is 3.86. The topological polar surface area (TPSA) is 98.5 Å². The Morgan fingerprint density at radius 2 is 2.00 bits per heavy atom. The largest absolute Gasteiger partial charge is 0.454 e. The maximum absolute atomic E-state index is 12.2. The Morgan fingerprint density at radius 1 is 1.21 bits per heavy atom. The van der Waals surface area contributed by atoms with Crippen LogP contribution in [0.15, 0.2) is 36.4 Å². The first-order valence-electron chi connectivity index (χ1n) is 7.12. The fourth-order valence-electron chi connectivity index (χ4n) is 2.41. The van der Waals surface area contributed by atoms with Gasteiger partial charge in [0, 0.05) is 22.0 Å². The average Bonchev–Trinajstić information content (AvgIpc) is 2.91. The van der Waals surface area contributed by atoms with Gasteiger partial charge in [0.1, 0.15) is 0 Å². The highest BCUT2D eigenvalue weighted by molar-refractivity contribution is 6.31. The van der Waals surface area contributed by atoms with Crippen LogP contribution in [0.2, 0.25) is 5.02 Å². The number of carbonyl (C=O) groups is 3. The number of hydrogen-bond acceptors (Lipinski definition) is 5. The van der Waals surface area contributed by atoms with E-state index in [0.717, 1.165) is 5.56 Å². The van der Waals surface area contributed by atoms with Gasteiger partial charge in [-0.15, -0.1) is 0 Å². The Balaban J connectivity index is 1.66. The second-order valence-corrected chi connectivity index (χ2v) is 5.76. The number of benzene rings is 2. The van der Waals surface area contributed by atoms with Gasteiger partial charge in [0.15, 0.2) is 12.4 Å². The first kappa shape index (κ1) is 16.0. The Kier molecular flexibility index (Phi) is 4.22. The van der Waals surface area contributed by atoms with Gasteiger partial charge in [-0.05, 0) is 42.0 Å². The van der Waals surface area contributed by atoms with Gasteiger partial charge in [0.05, 0.1) is 12.0 Å². The van der Waals surface area contributed by atoms with Gasteiger partial charge in [0.2, 0.25) is 5.91 Å². The second-order valence-electron chi connectivity index (χ2n) is 5.33. The summed E-state index contributed by atoms with van der Waals surface area (Å²) in [7, 11) is 0. The zero-order chi connectivity index (χ0) is 17.3. The van der Waals surface area contributed by atoms with Crippen molar-refractivity contribution in [2.45, 2.75) is 6.42 Å². The van der Waals surface area contributed by atoms with Crippen molar-refractivity contribution in [3.8, 4) is 0 Å². The van der Waals surface area contributed by atoms with E-state index in [9.17, 15) is 14.4 Å². The van der Waals surface area contributed by atoms with E-state index >= 15 is 0 Å². The molecule has 7 heteroatoms. The van der Waals surface area contributed by atoms with E-state index in [4.69, 9.17) is 22.1 Å². The fraction of sp³-hybridized carbons (Fsp3) is 0.118. The number of nitrogens with one attached hydrogen (secondary N) is 1. The second kappa shape index (κ2) is 6.33. The minimum Gasteiger partial charge on any atom is -0.454 e. The van der Waals surface area contributed by atoms with Gasteiger partial charge in [-0.1, -0.05) is 11.6 Å². The molecule has 0 aliphatic carbocycles. The third kappa shape index (κ3) is 3.23. The van der Waals surface area contributed by atoms with Gasteiger partial charge in [-0.3, -0.25) is 9.59 Å². The highest BCUT2D eigenvalue weighted by Gasteiger charge is 2.20. The molecule has 1 heterocycles. The molecule has 3 N–H and O–H groups in total. The van der Waals surface area contributed by atoms with E-state index in [2.05, 4.69) is 5.32 Å². The van der Waals surface area contributed by atoms with Crippen molar-refractivity contribution >= 4 is 40.6 Å². The summed E-state index contributed by atoms with van der Waals surface area (Å²) in [6.45, 7) is -0.416. The number of hydrogen-bond donors (Lipinski definition) is 2. The summed E-state index contributed by atoms with van der Waals surface area (Å²) in [6, 6.07) is 9.26. The molecule has 3 rings (SSSR count). The van der Waals surface area contributed by atoms with E-state index in [1.807, 2.05) is 0 Å². The van der Waals surface area contributed by atoms with E-state index in [1.54, 1.807) is 18.2 Å². The van der Waals surface area contributed by atoms with Gasteiger partial charge >= 0.3 is 5.97 Å². The summed E-state index contributed by atoms with van der Waals surface area (Å²) in [6.07, 6.45) is 0.234. The van der Waals surface area contributed by atoms with Crippen LogP contribution in [-0.4, -0.2) is 24.3 Å². The number of ether oxygens (including phenoxy) is 1. The molecule has 0 spiro atoms. The number of fused-ring (bicyclic) bond motifs is 1. The molecule has 6 nitrogen and oxygen atoms in total. The lowest BCUT2D eigenvalue weighted by Crippen LogP contribution is -2.15. The fourth-order valence-corrected chi connectivity index (χ4v) is 2.59. The van der Waals surface area contributed by atoms with Crippen molar-refractivity contribution in [3.05, 3.63) is 58.1 Å². The van der Waals surface area contributed by atoms with Crippen LogP contribution < -0.4 is 11.1 Å². The number of amides is 1. The van der Waals surface area contributed by atoms with Crippen molar-refractivity contribution in [2.75, 3.05) is 17.7 Å². The molecule has 0 fully saturated rings. The lowest BCUT2D eigenvalue weighted by Gasteiger charge is -2.07. The lowest BCUT2D eigenvalue weighted by atomic mass is 10.1. The van der Waals surface area contributed by atoms with Crippen LogP contribution in [0.3, 0.4) is 0 Å².